The smallest absolute Gasteiger partial charge is 0.170 e. The van der Waals surface area contributed by atoms with Crippen LogP contribution in [0.2, 0.25) is 0 Å². The van der Waals surface area contributed by atoms with Crippen molar-refractivity contribution >= 4 is 22.5 Å². The molecule has 1 fully saturated rings. The normalized spacial score (nSPS) is 14.2. The van der Waals surface area contributed by atoms with E-state index in [1.165, 1.54) is 0 Å². The Morgan fingerprint density at radius 3 is 2.75 bits per heavy atom. The zero-order chi connectivity index (χ0) is 22.2. The lowest BCUT2D eigenvalue weighted by molar-refractivity contribution is 0.0990. The topological polar surface area (TPSA) is 92.9 Å². The molecular formula is C23H24N8O. The monoisotopic (exact) mass is 428 g/mol. The number of anilines is 1. The second-order valence-corrected chi connectivity index (χ2v) is 8.36. The number of hydrogen-bond donors (Lipinski definition) is 0. The van der Waals surface area contributed by atoms with Gasteiger partial charge >= 0.3 is 0 Å². The number of carbonyl (C=O) groups excluding carboxylic acids is 1. The zero-order valence-corrected chi connectivity index (χ0v) is 18.3. The number of Topliss-reactive ketones (excluding diaryl/α,β-unsaturated/α-hetero) is 1. The van der Waals surface area contributed by atoms with E-state index in [1.807, 2.05) is 37.5 Å². The molecule has 4 aromatic rings. The van der Waals surface area contributed by atoms with Crippen LogP contribution in [0.1, 0.15) is 16.2 Å². The summed E-state index contributed by atoms with van der Waals surface area (Å²) < 4.78 is 1.66. The van der Waals surface area contributed by atoms with Crippen molar-refractivity contribution in [3.8, 4) is 11.3 Å². The second kappa shape index (κ2) is 8.08. The Bertz CT molecular complexity index is 1290. The van der Waals surface area contributed by atoms with Crippen LogP contribution < -0.4 is 4.90 Å². The van der Waals surface area contributed by atoms with Crippen molar-refractivity contribution in [2.75, 3.05) is 32.1 Å². The molecule has 9 heteroatoms. The molecule has 0 amide bonds. The van der Waals surface area contributed by atoms with Crippen LogP contribution in [0.15, 0.2) is 48.9 Å². The van der Waals surface area contributed by atoms with Gasteiger partial charge in [-0.1, -0.05) is 17.3 Å². The molecule has 3 aromatic heterocycles. The summed E-state index contributed by atoms with van der Waals surface area (Å²) in [5, 5.41) is 9.05. The second-order valence-electron chi connectivity index (χ2n) is 8.36. The highest BCUT2D eigenvalue weighted by Gasteiger charge is 2.29. The molecule has 4 heterocycles. The zero-order valence-electron chi connectivity index (χ0n) is 18.3. The summed E-state index contributed by atoms with van der Waals surface area (Å²) in [7, 11) is 5.99. The lowest BCUT2D eigenvalue weighted by Crippen LogP contribution is -2.57. The Balaban J connectivity index is 1.34. The van der Waals surface area contributed by atoms with Crippen LogP contribution >= 0.6 is 0 Å². The molecule has 32 heavy (non-hydrogen) atoms. The first-order valence-electron chi connectivity index (χ1n) is 10.5. The first-order chi connectivity index (χ1) is 15.5. The summed E-state index contributed by atoms with van der Waals surface area (Å²) in [6.45, 7) is 1.83. The van der Waals surface area contributed by atoms with E-state index in [4.69, 9.17) is 0 Å². The number of fused-ring (bicyclic) bond motifs is 1. The molecular weight excluding hydrogens is 404 g/mol. The first kappa shape index (κ1) is 20.2. The van der Waals surface area contributed by atoms with Crippen LogP contribution in [0.5, 0.6) is 0 Å². The SMILES string of the molecule is CN(C)C1CN(c2cc(C(=O)Cc3ncc4ccc(-c5cn(C)nn5)cc4n3)ccn2)C1. The van der Waals surface area contributed by atoms with E-state index in [0.717, 1.165) is 41.1 Å². The molecule has 162 valence electrons. The molecule has 5 rings (SSSR count). The van der Waals surface area contributed by atoms with Gasteiger partial charge in [0.25, 0.3) is 0 Å². The van der Waals surface area contributed by atoms with Gasteiger partial charge in [0, 0.05) is 55.1 Å². The van der Waals surface area contributed by atoms with E-state index in [0.29, 0.717) is 17.4 Å². The summed E-state index contributed by atoms with van der Waals surface area (Å²) in [5.41, 5.74) is 3.10. The lowest BCUT2D eigenvalue weighted by Gasteiger charge is -2.43. The first-order valence-corrected chi connectivity index (χ1v) is 10.5. The minimum Gasteiger partial charge on any atom is -0.353 e. The molecule has 0 radical (unpaired) electrons. The van der Waals surface area contributed by atoms with Gasteiger partial charge in [0.15, 0.2) is 5.78 Å². The number of hydrogen-bond acceptors (Lipinski definition) is 8. The average Bonchev–Trinajstić information content (AvgIpc) is 3.18. The van der Waals surface area contributed by atoms with Gasteiger partial charge in [-0.2, -0.15) is 0 Å². The van der Waals surface area contributed by atoms with Crippen molar-refractivity contribution in [3.63, 3.8) is 0 Å². The van der Waals surface area contributed by atoms with E-state index in [1.54, 1.807) is 23.1 Å². The van der Waals surface area contributed by atoms with E-state index in [-0.39, 0.29) is 12.2 Å². The van der Waals surface area contributed by atoms with Gasteiger partial charge in [-0.3, -0.25) is 9.48 Å². The van der Waals surface area contributed by atoms with E-state index < -0.39 is 0 Å². The molecule has 9 nitrogen and oxygen atoms in total. The maximum atomic E-state index is 12.9. The molecule has 0 unspecified atom stereocenters. The fourth-order valence-electron chi connectivity index (χ4n) is 3.77. The molecule has 1 saturated heterocycles. The van der Waals surface area contributed by atoms with Crippen molar-refractivity contribution in [3.05, 3.63) is 60.3 Å². The van der Waals surface area contributed by atoms with Crippen LogP contribution in [-0.2, 0) is 13.5 Å². The number of pyridine rings is 1. The van der Waals surface area contributed by atoms with Crippen molar-refractivity contribution in [1.82, 2.24) is 34.8 Å². The molecule has 1 aliphatic rings. The molecule has 1 aromatic carbocycles. The molecule has 0 spiro atoms. The molecule has 0 atom stereocenters. The third kappa shape index (κ3) is 3.94. The fourth-order valence-corrected chi connectivity index (χ4v) is 3.77. The fraction of sp³-hybridized carbons (Fsp3) is 0.304. The van der Waals surface area contributed by atoms with E-state index in [2.05, 4.69) is 49.2 Å². The van der Waals surface area contributed by atoms with Gasteiger partial charge in [-0.15, -0.1) is 5.10 Å². The van der Waals surface area contributed by atoms with Crippen molar-refractivity contribution in [1.29, 1.82) is 0 Å². The van der Waals surface area contributed by atoms with E-state index >= 15 is 0 Å². The van der Waals surface area contributed by atoms with Gasteiger partial charge in [0.2, 0.25) is 0 Å². The van der Waals surface area contributed by atoms with Crippen molar-refractivity contribution < 1.29 is 4.79 Å². The van der Waals surface area contributed by atoms with Crippen LogP contribution in [0.4, 0.5) is 5.82 Å². The number of carbonyl (C=O) groups is 1. The van der Waals surface area contributed by atoms with Gasteiger partial charge in [0.05, 0.1) is 18.1 Å². The van der Waals surface area contributed by atoms with Gasteiger partial charge in [-0.05, 0) is 32.3 Å². The quantitative estimate of drug-likeness (QED) is 0.431. The standard InChI is InChI=1S/C23H24N8O/c1-29(2)18-12-31(13-18)23-9-16(6-7-24-23)21(32)10-22-25-11-17-5-4-15(8-19(17)26-22)20-14-30(3)28-27-20/h4-9,11,14,18H,10,12-13H2,1-3H3. The van der Waals surface area contributed by atoms with Crippen LogP contribution in [0.3, 0.4) is 0 Å². The van der Waals surface area contributed by atoms with Crippen molar-refractivity contribution in [2.24, 2.45) is 7.05 Å². The van der Waals surface area contributed by atoms with Gasteiger partial charge in [0.1, 0.15) is 17.3 Å². The predicted molar refractivity (Wildman–Crippen MR) is 121 cm³/mol. The molecule has 0 saturated carbocycles. The molecule has 1 aliphatic heterocycles. The summed E-state index contributed by atoms with van der Waals surface area (Å²) in [4.78, 5) is 30.8. The number of benzene rings is 1. The number of likely N-dealkylation sites (N-methyl/N-ethyl adjacent to an activating group) is 1. The van der Waals surface area contributed by atoms with E-state index in [9.17, 15) is 4.79 Å². The largest absolute Gasteiger partial charge is 0.353 e. The maximum Gasteiger partial charge on any atom is 0.170 e. The highest BCUT2D eigenvalue weighted by Crippen LogP contribution is 2.23. The van der Waals surface area contributed by atoms with Crippen LogP contribution in [-0.4, -0.2) is 73.9 Å². The Kier molecular flexibility index (Phi) is 5.10. The maximum absolute atomic E-state index is 12.9. The lowest BCUT2D eigenvalue weighted by atomic mass is 10.1. The summed E-state index contributed by atoms with van der Waals surface area (Å²) in [6, 6.07) is 10.0. The van der Waals surface area contributed by atoms with Gasteiger partial charge < -0.3 is 9.80 Å². The number of aromatic nitrogens is 6. The highest BCUT2D eigenvalue weighted by atomic mass is 16.1. The minimum atomic E-state index is -0.0252. The molecule has 0 aliphatic carbocycles. The number of rotatable bonds is 6. The third-order valence-electron chi connectivity index (χ3n) is 5.83. The Hall–Kier alpha value is -3.72. The predicted octanol–water partition coefficient (Wildman–Crippen LogP) is 2.00. The Labute approximate surface area is 185 Å². The Morgan fingerprint density at radius 1 is 1.16 bits per heavy atom. The highest BCUT2D eigenvalue weighted by molar-refractivity contribution is 5.98. The molecule has 0 N–H and O–H groups in total. The number of ketones is 1. The summed E-state index contributed by atoms with van der Waals surface area (Å²) >= 11 is 0. The molecule has 0 bridgehead atoms. The average molecular weight is 429 g/mol. The number of aryl methyl sites for hydroxylation is 1. The Morgan fingerprint density at radius 2 is 2.00 bits per heavy atom. The minimum absolute atomic E-state index is 0.0252. The third-order valence-corrected chi connectivity index (χ3v) is 5.83. The number of nitrogens with zero attached hydrogens (tertiary/aromatic N) is 8. The van der Waals surface area contributed by atoms with Crippen molar-refractivity contribution in [2.45, 2.75) is 12.5 Å². The summed E-state index contributed by atoms with van der Waals surface area (Å²) in [5.74, 6) is 1.30. The van der Waals surface area contributed by atoms with Crippen LogP contribution in [0, 0.1) is 0 Å². The van der Waals surface area contributed by atoms with Crippen LogP contribution in [0.25, 0.3) is 22.2 Å². The summed E-state index contributed by atoms with van der Waals surface area (Å²) in [6.07, 6.45) is 5.44. The van der Waals surface area contributed by atoms with Gasteiger partial charge in [-0.25, -0.2) is 15.0 Å².